The number of likely N-dealkylation sites (N-methyl/N-ethyl adjacent to an activating group) is 1. The standard InChI is InChI=1S/C22H25N3O5S/c1-25-7-6-13-12(10-25)16(11-8-14(27-2)19(29-4)15(9-11)28-3)17-18(23)20(22(26)30-5)31-21(17)24-13/h8-9H,6-7,10,23H2,1-5H3. The molecule has 0 aliphatic carbocycles. The van der Waals surface area contributed by atoms with Crippen molar-refractivity contribution in [2.45, 2.75) is 13.0 Å². The molecule has 3 aromatic rings. The van der Waals surface area contributed by atoms with Crippen molar-refractivity contribution in [3.8, 4) is 28.4 Å². The van der Waals surface area contributed by atoms with Crippen molar-refractivity contribution in [3.05, 3.63) is 28.3 Å². The van der Waals surface area contributed by atoms with E-state index in [0.717, 1.165) is 40.7 Å². The molecular formula is C22H25N3O5S. The molecule has 164 valence electrons. The number of carbonyl (C=O) groups is 1. The third-order valence-corrected chi connectivity index (χ3v) is 6.63. The number of anilines is 1. The largest absolute Gasteiger partial charge is 0.493 e. The summed E-state index contributed by atoms with van der Waals surface area (Å²) >= 11 is 1.26. The van der Waals surface area contributed by atoms with Crippen molar-refractivity contribution in [3.63, 3.8) is 0 Å². The molecule has 0 saturated heterocycles. The summed E-state index contributed by atoms with van der Waals surface area (Å²) in [5.41, 5.74) is 10.7. The van der Waals surface area contributed by atoms with Crippen molar-refractivity contribution >= 4 is 33.2 Å². The van der Waals surface area contributed by atoms with Crippen LogP contribution in [-0.2, 0) is 17.7 Å². The Hall–Kier alpha value is -3.04. The van der Waals surface area contributed by atoms with Crippen LogP contribution >= 0.6 is 11.3 Å². The maximum Gasteiger partial charge on any atom is 0.350 e. The summed E-state index contributed by atoms with van der Waals surface area (Å²) in [6.07, 6.45) is 0.810. The number of methoxy groups -OCH3 is 4. The monoisotopic (exact) mass is 443 g/mol. The number of hydrogen-bond donors (Lipinski definition) is 1. The van der Waals surface area contributed by atoms with E-state index in [1.165, 1.54) is 18.4 Å². The average molecular weight is 444 g/mol. The summed E-state index contributed by atoms with van der Waals surface area (Å²) in [6, 6.07) is 3.81. The molecule has 2 aromatic heterocycles. The first-order valence-corrected chi connectivity index (χ1v) is 10.6. The first-order valence-electron chi connectivity index (χ1n) is 9.74. The molecule has 3 heterocycles. The van der Waals surface area contributed by atoms with E-state index in [-0.39, 0.29) is 0 Å². The topological polar surface area (TPSA) is 96.1 Å². The summed E-state index contributed by atoms with van der Waals surface area (Å²) in [5.74, 6) is 1.13. The molecule has 31 heavy (non-hydrogen) atoms. The normalized spacial score (nSPS) is 13.7. The molecule has 0 saturated carbocycles. The molecule has 0 fully saturated rings. The van der Waals surface area contributed by atoms with Crippen molar-refractivity contribution in [1.29, 1.82) is 0 Å². The van der Waals surface area contributed by atoms with Gasteiger partial charge in [0.1, 0.15) is 9.71 Å². The number of aromatic nitrogens is 1. The molecule has 0 radical (unpaired) electrons. The number of rotatable bonds is 5. The number of pyridine rings is 1. The molecule has 0 atom stereocenters. The quantitative estimate of drug-likeness (QED) is 0.600. The van der Waals surface area contributed by atoms with E-state index in [9.17, 15) is 4.79 Å². The minimum Gasteiger partial charge on any atom is -0.493 e. The van der Waals surface area contributed by atoms with Crippen LogP contribution < -0.4 is 19.9 Å². The second-order valence-electron chi connectivity index (χ2n) is 7.33. The van der Waals surface area contributed by atoms with Gasteiger partial charge in [-0.05, 0) is 30.3 Å². The lowest BCUT2D eigenvalue weighted by Crippen LogP contribution is -2.28. The zero-order valence-corrected chi connectivity index (χ0v) is 19.0. The fourth-order valence-electron chi connectivity index (χ4n) is 4.05. The summed E-state index contributed by atoms with van der Waals surface area (Å²) < 4.78 is 21.6. The van der Waals surface area contributed by atoms with Crippen LogP contribution in [0.2, 0.25) is 0 Å². The highest BCUT2D eigenvalue weighted by atomic mass is 32.1. The van der Waals surface area contributed by atoms with E-state index in [0.29, 0.717) is 39.2 Å². The lowest BCUT2D eigenvalue weighted by Gasteiger charge is -2.27. The zero-order valence-electron chi connectivity index (χ0n) is 18.2. The van der Waals surface area contributed by atoms with Crippen LogP contribution in [0.25, 0.3) is 21.3 Å². The Kier molecular flexibility index (Phi) is 5.63. The van der Waals surface area contributed by atoms with Gasteiger partial charge in [-0.3, -0.25) is 0 Å². The van der Waals surface area contributed by atoms with Gasteiger partial charge in [0, 0.05) is 36.2 Å². The Labute approximate surface area is 184 Å². The second kappa shape index (κ2) is 8.24. The average Bonchev–Trinajstić information content (AvgIpc) is 3.11. The number of fused-ring (bicyclic) bond motifs is 2. The van der Waals surface area contributed by atoms with Gasteiger partial charge in [0.15, 0.2) is 11.5 Å². The van der Waals surface area contributed by atoms with Gasteiger partial charge in [0.05, 0.1) is 34.1 Å². The van der Waals surface area contributed by atoms with Gasteiger partial charge in [0.2, 0.25) is 5.75 Å². The van der Waals surface area contributed by atoms with E-state index in [1.54, 1.807) is 21.3 Å². The van der Waals surface area contributed by atoms with Crippen LogP contribution in [0.15, 0.2) is 12.1 Å². The Morgan fingerprint density at radius 1 is 1.13 bits per heavy atom. The highest BCUT2D eigenvalue weighted by molar-refractivity contribution is 7.21. The number of thiophene rings is 1. The Morgan fingerprint density at radius 3 is 2.39 bits per heavy atom. The van der Waals surface area contributed by atoms with E-state index in [1.807, 2.05) is 12.1 Å². The number of ether oxygens (including phenoxy) is 4. The van der Waals surface area contributed by atoms with E-state index in [2.05, 4.69) is 11.9 Å². The number of nitrogens with two attached hydrogens (primary N) is 1. The van der Waals surface area contributed by atoms with Gasteiger partial charge in [-0.25, -0.2) is 9.78 Å². The molecule has 1 aromatic carbocycles. The van der Waals surface area contributed by atoms with Gasteiger partial charge in [-0.15, -0.1) is 11.3 Å². The lowest BCUT2D eigenvalue weighted by molar-refractivity contribution is 0.0607. The maximum atomic E-state index is 12.3. The third-order valence-electron chi connectivity index (χ3n) is 5.55. The zero-order chi connectivity index (χ0) is 22.3. The van der Waals surface area contributed by atoms with Crippen LogP contribution in [0.3, 0.4) is 0 Å². The molecule has 0 spiro atoms. The van der Waals surface area contributed by atoms with Gasteiger partial charge in [0.25, 0.3) is 0 Å². The molecule has 1 aliphatic heterocycles. The Balaban J connectivity index is 2.10. The van der Waals surface area contributed by atoms with Gasteiger partial charge < -0.3 is 29.6 Å². The van der Waals surface area contributed by atoms with Gasteiger partial charge in [-0.1, -0.05) is 0 Å². The number of carbonyl (C=O) groups excluding carboxylic acids is 1. The highest BCUT2D eigenvalue weighted by Gasteiger charge is 2.28. The Bertz CT molecular complexity index is 1150. The fourth-order valence-corrected chi connectivity index (χ4v) is 5.09. The van der Waals surface area contributed by atoms with Gasteiger partial charge in [-0.2, -0.15) is 0 Å². The minimum absolute atomic E-state index is 0.356. The first kappa shape index (κ1) is 21.2. The molecule has 2 N–H and O–H groups in total. The minimum atomic E-state index is -0.466. The van der Waals surface area contributed by atoms with E-state index >= 15 is 0 Å². The summed E-state index contributed by atoms with van der Waals surface area (Å²) in [5, 5.41) is 0.744. The predicted molar refractivity (Wildman–Crippen MR) is 121 cm³/mol. The molecule has 9 heteroatoms. The smallest absolute Gasteiger partial charge is 0.350 e. The number of benzene rings is 1. The predicted octanol–water partition coefficient (Wildman–Crippen LogP) is 3.35. The fraction of sp³-hybridized carbons (Fsp3) is 0.364. The maximum absolute atomic E-state index is 12.3. The molecule has 1 aliphatic rings. The summed E-state index contributed by atoms with van der Waals surface area (Å²) in [7, 11) is 8.16. The number of nitrogen functional groups attached to an aromatic ring is 1. The van der Waals surface area contributed by atoms with Crippen molar-refractivity contribution in [2.24, 2.45) is 0 Å². The molecular weight excluding hydrogens is 418 g/mol. The number of hydrogen-bond acceptors (Lipinski definition) is 9. The van der Waals surface area contributed by atoms with Crippen LogP contribution in [0, 0.1) is 0 Å². The lowest BCUT2D eigenvalue weighted by atomic mass is 9.91. The van der Waals surface area contributed by atoms with Crippen molar-refractivity contribution < 1.29 is 23.7 Å². The molecule has 0 bridgehead atoms. The van der Waals surface area contributed by atoms with Crippen molar-refractivity contribution in [1.82, 2.24) is 9.88 Å². The second-order valence-corrected chi connectivity index (χ2v) is 8.33. The third kappa shape index (κ3) is 3.43. The summed E-state index contributed by atoms with van der Waals surface area (Å²) in [6.45, 7) is 1.62. The number of nitrogens with zero attached hydrogens (tertiary/aromatic N) is 2. The first-order chi connectivity index (χ1) is 14.9. The molecule has 0 unspecified atom stereocenters. The molecule has 4 rings (SSSR count). The SMILES string of the molecule is COC(=O)c1sc2nc3c(c(-c4cc(OC)c(OC)c(OC)c4)c2c1N)CN(C)CC3. The highest BCUT2D eigenvalue weighted by Crippen LogP contribution is 2.47. The number of esters is 1. The van der Waals surface area contributed by atoms with Gasteiger partial charge >= 0.3 is 5.97 Å². The summed E-state index contributed by atoms with van der Waals surface area (Å²) in [4.78, 5) is 20.5. The molecule has 8 nitrogen and oxygen atoms in total. The van der Waals surface area contributed by atoms with E-state index in [4.69, 9.17) is 29.7 Å². The van der Waals surface area contributed by atoms with Crippen molar-refractivity contribution in [2.75, 3.05) is 47.8 Å². The van der Waals surface area contributed by atoms with Crippen LogP contribution in [0.1, 0.15) is 20.9 Å². The van der Waals surface area contributed by atoms with Crippen LogP contribution in [0.5, 0.6) is 17.2 Å². The van der Waals surface area contributed by atoms with E-state index < -0.39 is 5.97 Å². The Morgan fingerprint density at radius 2 is 1.81 bits per heavy atom. The van der Waals surface area contributed by atoms with Crippen LogP contribution in [0.4, 0.5) is 5.69 Å². The molecule has 0 amide bonds. The van der Waals surface area contributed by atoms with Crippen LogP contribution in [-0.4, -0.2) is 57.9 Å².